The van der Waals surface area contributed by atoms with Gasteiger partial charge in [-0.05, 0) is 44.4 Å². The molecular formula is C28H26F5N6O2P. The molecule has 3 heterocycles. The second kappa shape index (κ2) is 9.79. The second-order valence-electron chi connectivity index (χ2n) is 10.7. The lowest BCUT2D eigenvalue weighted by Gasteiger charge is -2.16. The standard InChI is InChI=1S/C28H26F5N6O2P/c1-37-25(15-8-9-15)24(34-27(37)18-11-10-16(42(3,4)40)12-22(18)41-28(31,32)33)17-6-5-7-20-19(17)14-39(35-20)23-13-21(26(29)30)38(2)36-23/h5-7,10-15,26H,8-9H2,1-4H3. The van der Waals surface area contributed by atoms with E-state index >= 15 is 0 Å². The van der Waals surface area contributed by atoms with Crippen LogP contribution in [-0.4, -0.2) is 48.8 Å². The predicted octanol–water partition coefficient (Wildman–Crippen LogP) is 6.79. The molecule has 0 bridgehead atoms. The van der Waals surface area contributed by atoms with Gasteiger partial charge in [-0.1, -0.05) is 18.2 Å². The molecule has 1 aliphatic rings. The van der Waals surface area contributed by atoms with Crippen LogP contribution in [0.25, 0.3) is 39.4 Å². The van der Waals surface area contributed by atoms with E-state index in [9.17, 15) is 26.5 Å². The number of ether oxygens (including phenoxy) is 1. The van der Waals surface area contributed by atoms with Crippen molar-refractivity contribution in [2.75, 3.05) is 13.3 Å². The predicted molar refractivity (Wildman–Crippen MR) is 148 cm³/mol. The number of imidazole rings is 1. The Hall–Kier alpha value is -3.99. The summed E-state index contributed by atoms with van der Waals surface area (Å²) in [7, 11) is 0.298. The Balaban J connectivity index is 1.52. The molecule has 3 aromatic heterocycles. The molecule has 0 spiro atoms. The molecule has 0 radical (unpaired) electrons. The van der Waals surface area contributed by atoms with Crippen LogP contribution in [0.1, 0.15) is 36.6 Å². The van der Waals surface area contributed by atoms with Crippen molar-refractivity contribution in [2.45, 2.75) is 31.5 Å². The Morgan fingerprint density at radius 2 is 1.76 bits per heavy atom. The molecule has 0 N–H and O–H groups in total. The van der Waals surface area contributed by atoms with Crippen LogP contribution in [0.2, 0.25) is 0 Å². The van der Waals surface area contributed by atoms with E-state index < -0.39 is 25.7 Å². The van der Waals surface area contributed by atoms with Crippen LogP contribution in [0.4, 0.5) is 22.0 Å². The zero-order valence-electron chi connectivity index (χ0n) is 23.0. The first-order chi connectivity index (χ1) is 19.7. The van der Waals surface area contributed by atoms with Crippen molar-refractivity contribution >= 4 is 23.3 Å². The summed E-state index contributed by atoms with van der Waals surface area (Å²) in [6.45, 7) is 2.95. The summed E-state index contributed by atoms with van der Waals surface area (Å²) in [5.41, 5.74) is 2.54. The Kier molecular flexibility index (Phi) is 6.56. The Bertz CT molecular complexity index is 1880. The van der Waals surface area contributed by atoms with Gasteiger partial charge in [0.2, 0.25) is 0 Å². The molecule has 5 aromatic rings. The van der Waals surface area contributed by atoms with E-state index in [0.717, 1.165) is 23.2 Å². The van der Waals surface area contributed by atoms with Gasteiger partial charge in [-0.25, -0.2) is 18.4 Å². The van der Waals surface area contributed by atoms with Crippen molar-refractivity contribution in [3.8, 4) is 34.2 Å². The highest BCUT2D eigenvalue weighted by Crippen LogP contribution is 2.48. The van der Waals surface area contributed by atoms with Crippen LogP contribution in [-0.2, 0) is 18.7 Å². The topological polar surface area (TPSA) is 79.8 Å². The number of hydrogen-bond donors (Lipinski definition) is 0. The number of alkyl halides is 5. The van der Waals surface area contributed by atoms with Crippen molar-refractivity contribution in [1.82, 2.24) is 29.1 Å². The lowest BCUT2D eigenvalue weighted by molar-refractivity contribution is -0.274. The molecular weight excluding hydrogens is 578 g/mol. The lowest BCUT2D eigenvalue weighted by Crippen LogP contribution is -2.19. The van der Waals surface area contributed by atoms with Gasteiger partial charge in [-0.2, -0.15) is 10.2 Å². The molecule has 0 saturated heterocycles. The minimum absolute atomic E-state index is 0.107. The van der Waals surface area contributed by atoms with Gasteiger partial charge in [0.05, 0.1) is 16.8 Å². The monoisotopic (exact) mass is 604 g/mol. The summed E-state index contributed by atoms with van der Waals surface area (Å²) in [6.07, 6.45) is -4.20. The number of benzene rings is 2. The van der Waals surface area contributed by atoms with E-state index in [0.29, 0.717) is 22.2 Å². The summed E-state index contributed by atoms with van der Waals surface area (Å²) < 4.78 is 88.5. The first kappa shape index (κ1) is 28.1. The number of aromatic nitrogens is 6. The first-order valence-corrected chi connectivity index (χ1v) is 15.6. The summed E-state index contributed by atoms with van der Waals surface area (Å²) in [5.74, 6) is 0.147. The number of halogens is 5. The number of hydrogen-bond acceptors (Lipinski definition) is 5. The highest BCUT2D eigenvalue weighted by atomic mass is 31.2. The fourth-order valence-corrected chi connectivity index (χ4v) is 6.02. The maximum atomic E-state index is 13.5. The van der Waals surface area contributed by atoms with E-state index in [1.54, 1.807) is 29.9 Å². The number of fused-ring (bicyclic) bond motifs is 1. The fourth-order valence-electron chi connectivity index (χ4n) is 5.16. The van der Waals surface area contributed by atoms with Crippen molar-refractivity contribution in [2.24, 2.45) is 14.1 Å². The van der Waals surface area contributed by atoms with E-state index in [1.807, 2.05) is 6.07 Å². The molecule has 220 valence electrons. The second-order valence-corrected chi connectivity index (χ2v) is 14.0. The highest BCUT2D eigenvalue weighted by molar-refractivity contribution is 7.70. The number of rotatable bonds is 7. The van der Waals surface area contributed by atoms with Gasteiger partial charge in [0.25, 0.3) is 6.43 Å². The molecule has 42 heavy (non-hydrogen) atoms. The highest BCUT2D eigenvalue weighted by Gasteiger charge is 2.36. The van der Waals surface area contributed by atoms with Crippen molar-refractivity contribution in [3.63, 3.8) is 0 Å². The molecule has 8 nitrogen and oxygen atoms in total. The van der Waals surface area contributed by atoms with Gasteiger partial charge in [0, 0.05) is 54.2 Å². The van der Waals surface area contributed by atoms with Crippen LogP contribution in [0.5, 0.6) is 5.75 Å². The Morgan fingerprint density at radius 1 is 1.02 bits per heavy atom. The molecule has 0 unspecified atom stereocenters. The molecule has 0 atom stereocenters. The summed E-state index contributed by atoms with van der Waals surface area (Å²) in [4.78, 5) is 4.86. The molecule has 14 heteroatoms. The normalized spacial score (nSPS) is 14.3. The fraction of sp³-hybridized carbons (Fsp3) is 0.321. The third-order valence-electron chi connectivity index (χ3n) is 7.32. The van der Waals surface area contributed by atoms with Gasteiger partial charge in [0.1, 0.15) is 24.4 Å². The van der Waals surface area contributed by atoms with E-state index in [1.165, 1.54) is 49.3 Å². The number of aryl methyl sites for hydroxylation is 1. The van der Waals surface area contributed by atoms with Gasteiger partial charge in [-0.15, -0.1) is 13.2 Å². The lowest BCUT2D eigenvalue weighted by atomic mass is 10.0. The SMILES string of the molecule is Cn1nc(-n2cc3c(-c4nc(-c5ccc(P(C)(C)=O)cc5OC(F)(F)F)n(C)c4C4CC4)cccc3n2)cc1C(F)F. The molecule has 1 aliphatic carbocycles. The third kappa shape index (κ3) is 5.10. The van der Waals surface area contributed by atoms with Gasteiger partial charge >= 0.3 is 6.36 Å². The van der Waals surface area contributed by atoms with E-state index in [2.05, 4.69) is 14.9 Å². The average Bonchev–Trinajstić information content (AvgIpc) is 3.34. The van der Waals surface area contributed by atoms with Crippen LogP contribution >= 0.6 is 7.14 Å². The third-order valence-corrected chi connectivity index (χ3v) is 8.85. The minimum Gasteiger partial charge on any atom is -0.405 e. The van der Waals surface area contributed by atoms with Crippen LogP contribution in [0.3, 0.4) is 0 Å². The van der Waals surface area contributed by atoms with Crippen LogP contribution < -0.4 is 10.0 Å². The zero-order chi connectivity index (χ0) is 30.1. The minimum atomic E-state index is -4.97. The first-order valence-electron chi connectivity index (χ1n) is 13.0. The molecule has 0 aliphatic heterocycles. The molecule has 1 fully saturated rings. The summed E-state index contributed by atoms with van der Waals surface area (Å²) >= 11 is 0. The Morgan fingerprint density at radius 3 is 2.38 bits per heavy atom. The summed E-state index contributed by atoms with van der Waals surface area (Å²) in [5, 5.41) is 9.63. The molecule has 2 aromatic carbocycles. The van der Waals surface area contributed by atoms with E-state index in [-0.39, 0.29) is 34.1 Å². The molecule has 6 rings (SSSR count). The Labute approximate surface area is 237 Å². The number of nitrogens with zero attached hydrogens (tertiary/aromatic N) is 6. The van der Waals surface area contributed by atoms with Crippen molar-refractivity contribution in [3.05, 3.63) is 60.0 Å². The van der Waals surface area contributed by atoms with Crippen LogP contribution in [0.15, 0.2) is 48.7 Å². The maximum absolute atomic E-state index is 13.5. The maximum Gasteiger partial charge on any atom is 0.573 e. The quantitative estimate of drug-likeness (QED) is 0.151. The summed E-state index contributed by atoms with van der Waals surface area (Å²) in [6, 6.07) is 10.8. The molecule has 0 amide bonds. The molecule has 1 saturated carbocycles. The van der Waals surface area contributed by atoms with Gasteiger partial charge in [0.15, 0.2) is 5.82 Å². The van der Waals surface area contributed by atoms with Crippen LogP contribution in [0, 0.1) is 0 Å². The van der Waals surface area contributed by atoms with Gasteiger partial charge < -0.3 is 13.9 Å². The smallest absolute Gasteiger partial charge is 0.405 e. The van der Waals surface area contributed by atoms with Crippen molar-refractivity contribution in [1.29, 1.82) is 0 Å². The average molecular weight is 605 g/mol. The zero-order valence-corrected chi connectivity index (χ0v) is 23.9. The van der Waals surface area contributed by atoms with Crippen molar-refractivity contribution < 1.29 is 31.3 Å². The van der Waals surface area contributed by atoms with Gasteiger partial charge in [-0.3, -0.25) is 4.68 Å². The van der Waals surface area contributed by atoms with E-state index in [4.69, 9.17) is 4.98 Å². The largest absolute Gasteiger partial charge is 0.573 e.